The molecule has 3 heterocycles. The van der Waals surface area contributed by atoms with Gasteiger partial charge in [0.2, 0.25) is 10.0 Å². The van der Waals surface area contributed by atoms with Crippen LogP contribution in [0.15, 0.2) is 36.5 Å². The molecule has 0 saturated carbocycles. The third-order valence-electron chi connectivity index (χ3n) is 5.56. The predicted molar refractivity (Wildman–Crippen MR) is 114 cm³/mol. The second-order valence-electron chi connectivity index (χ2n) is 7.72. The summed E-state index contributed by atoms with van der Waals surface area (Å²) in [6.07, 6.45) is 2.52. The number of benzene rings is 1. The van der Waals surface area contributed by atoms with Crippen LogP contribution in [0.5, 0.6) is 0 Å². The summed E-state index contributed by atoms with van der Waals surface area (Å²) in [6, 6.07) is 9.03. The Kier molecular flexibility index (Phi) is 5.21. The first-order valence-corrected chi connectivity index (χ1v) is 11.5. The van der Waals surface area contributed by atoms with Gasteiger partial charge in [-0.15, -0.1) is 0 Å². The van der Waals surface area contributed by atoms with Gasteiger partial charge >= 0.3 is 0 Å². The van der Waals surface area contributed by atoms with Crippen molar-refractivity contribution in [3.8, 4) is 0 Å². The summed E-state index contributed by atoms with van der Waals surface area (Å²) in [5, 5.41) is 0. The molecule has 2 aromatic rings. The van der Waals surface area contributed by atoms with Crippen LogP contribution in [0.1, 0.15) is 27.9 Å². The number of anilines is 2. The van der Waals surface area contributed by atoms with Crippen LogP contribution in [0.3, 0.4) is 0 Å². The Bertz CT molecular complexity index is 1010. The lowest BCUT2D eigenvalue weighted by Gasteiger charge is -2.36. The van der Waals surface area contributed by atoms with Gasteiger partial charge in [-0.1, -0.05) is 6.07 Å². The fraction of sp³-hybridized carbons (Fsp3) is 0.429. The van der Waals surface area contributed by atoms with E-state index in [0.717, 1.165) is 30.0 Å². The number of carbonyl (C=O) groups is 1. The number of hydrogen-bond acceptors (Lipinski definition) is 5. The summed E-state index contributed by atoms with van der Waals surface area (Å²) in [7, 11) is -3.21. The Labute approximate surface area is 172 Å². The van der Waals surface area contributed by atoms with Gasteiger partial charge in [-0.2, -0.15) is 0 Å². The van der Waals surface area contributed by atoms with Gasteiger partial charge in [0.05, 0.1) is 11.4 Å². The summed E-state index contributed by atoms with van der Waals surface area (Å²) in [4.78, 5) is 21.5. The minimum Gasteiger partial charge on any atom is -0.353 e. The van der Waals surface area contributed by atoms with Gasteiger partial charge in [0.25, 0.3) is 5.91 Å². The highest BCUT2D eigenvalue weighted by atomic mass is 32.2. The van der Waals surface area contributed by atoms with Crippen molar-refractivity contribution >= 4 is 27.4 Å². The topological polar surface area (TPSA) is 73.8 Å². The maximum atomic E-state index is 12.9. The maximum absolute atomic E-state index is 12.9. The lowest BCUT2D eigenvalue weighted by molar-refractivity contribution is 0.0746. The third-order valence-corrected chi connectivity index (χ3v) is 7.42. The van der Waals surface area contributed by atoms with Crippen molar-refractivity contribution in [1.82, 2.24) is 9.88 Å². The average molecular weight is 415 g/mol. The number of piperazine rings is 1. The number of aromatic nitrogens is 1. The van der Waals surface area contributed by atoms with E-state index in [4.69, 9.17) is 0 Å². The fourth-order valence-electron chi connectivity index (χ4n) is 4.04. The van der Waals surface area contributed by atoms with Gasteiger partial charge in [-0.05, 0) is 55.7 Å². The minimum absolute atomic E-state index is 0.0194. The van der Waals surface area contributed by atoms with E-state index in [1.165, 1.54) is 4.31 Å². The normalized spacial score (nSPS) is 18.9. The molecular formula is C21H26N4O3S. The number of rotatable bonds is 3. The van der Waals surface area contributed by atoms with E-state index < -0.39 is 10.0 Å². The second-order valence-corrected chi connectivity index (χ2v) is 9.73. The summed E-state index contributed by atoms with van der Waals surface area (Å²) >= 11 is 0. The van der Waals surface area contributed by atoms with E-state index in [2.05, 4.69) is 22.9 Å². The Morgan fingerprint density at radius 3 is 2.28 bits per heavy atom. The molecule has 0 aliphatic carbocycles. The van der Waals surface area contributed by atoms with Crippen LogP contribution in [-0.4, -0.2) is 62.7 Å². The molecule has 29 heavy (non-hydrogen) atoms. The van der Waals surface area contributed by atoms with Crippen molar-refractivity contribution in [2.24, 2.45) is 0 Å². The van der Waals surface area contributed by atoms with Crippen LogP contribution in [0.2, 0.25) is 0 Å². The highest BCUT2D eigenvalue weighted by Crippen LogP contribution is 2.25. The molecule has 2 fully saturated rings. The number of sulfonamides is 1. The highest BCUT2D eigenvalue weighted by Gasteiger charge is 2.29. The number of pyridine rings is 1. The van der Waals surface area contributed by atoms with Gasteiger partial charge in [0, 0.05) is 44.5 Å². The zero-order valence-corrected chi connectivity index (χ0v) is 17.7. The molecule has 0 radical (unpaired) electrons. The summed E-state index contributed by atoms with van der Waals surface area (Å²) in [5.74, 6) is 1.15. The number of carbonyl (C=O) groups excluding carboxylic acids is 1. The van der Waals surface area contributed by atoms with Crippen molar-refractivity contribution in [3.05, 3.63) is 53.2 Å². The fourth-order valence-corrected chi connectivity index (χ4v) is 5.61. The first-order chi connectivity index (χ1) is 13.8. The zero-order valence-electron chi connectivity index (χ0n) is 16.8. The highest BCUT2D eigenvalue weighted by molar-refractivity contribution is 7.93. The molecule has 154 valence electrons. The molecule has 7 nitrogen and oxygen atoms in total. The molecule has 0 N–H and O–H groups in total. The molecular weight excluding hydrogens is 388 g/mol. The Morgan fingerprint density at radius 2 is 1.69 bits per heavy atom. The van der Waals surface area contributed by atoms with E-state index in [0.29, 0.717) is 37.3 Å². The van der Waals surface area contributed by atoms with Crippen molar-refractivity contribution in [2.75, 3.05) is 47.7 Å². The van der Waals surface area contributed by atoms with Crippen molar-refractivity contribution in [2.45, 2.75) is 20.3 Å². The average Bonchev–Trinajstić information content (AvgIpc) is 3.07. The van der Waals surface area contributed by atoms with Crippen LogP contribution in [0.4, 0.5) is 11.5 Å². The number of amides is 1. The number of hydrogen-bond donors (Lipinski definition) is 0. The van der Waals surface area contributed by atoms with Crippen LogP contribution >= 0.6 is 0 Å². The lowest BCUT2D eigenvalue weighted by atomic mass is 10.1. The molecule has 0 unspecified atom stereocenters. The van der Waals surface area contributed by atoms with Gasteiger partial charge < -0.3 is 9.80 Å². The molecule has 0 bridgehead atoms. The van der Waals surface area contributed by atoms with E-state index in [1.54, 1.807) is 24.3 Å². The summed E-state index contributed by atoms with van der Waals surface area (Å²) < 4.78 is 25.5. The van der Waals surface area contributed by atoms with Gasteiger partial charge in [-0.25, -0.2) is 13.4 Å². The third kappa shape index (κ3) is 3.94. The maximum Gasteiger partial charge on any atom is 0.253 e. The smallest absolute Gasteiger partial charge is 0.253 e. The van der Waals surface area contributed by atoms with Gasteiger partial charge in [0.1, 0.15) is 5.82 Å². The van der Waals surface area contributed by atoms with Crippen molar-refractivity contribution < 1.29 is 13.2 Å². The van der Waals surface area contributed by atoms with E-state index in [-0.39, 0.29) is 11.7 Å². The van der Waals surface area contributed by atoms with Crippen LogP contribution in [-0.2, 0) is 10.0 Å². The monoisotopic (exact) mass is 414 g/mol. The first kappa shape index (κ1) is 19.7. The quantitative estimate of drug-likeness (QED) is 0.770. The molecule has 8 heteroatoms. The van der Waals surface area contributed by atoms with Crippen molar-refractivity contribution in [3.63, 3.8) is 0 Å². The lowest BCUT2D eigenvalue weighted by Crippen LogP contribution is -2.49. The molecule has 1 amide bonds. The SMILES string of the molecule is Cc1cnc(N2CCN(C(=O)c3ccc(N4CCCS4(=O)=O)cc3)CC2)c(C)c1. The zero-order chi connectivity index (χ0) is 20.6. The molecule has 2 aliphatic heterocycles. The Balaban J connectivity index is 1.41. The molecule has 0 atom stereocenters. The van der Waals surface area contributed by atoms with Crippen LogP contribution in [0, 0.1) is 13.8 Å². The molecule has 4 rings (SSSR count). The second kappa shape index (κ2) is 7.67. The van der Waals surface area contributed by atoms with Gasteiger partial charge in [-0.3, -0.25) is 9.10 Å². The summed E-state index contributed by atoms with van der Waals surface area (Å²) in [5.41, 5.74) is 3.51. The minimum atomic E-state index is -3.21. The number of nitrogens with zero attached hydrogens (tertiary/aromatic N) is 4. The van der Waals surface area contributed by atoms with E-state index in [9.17, 15) is 13.2 Å². The first-order valence-electron chi connectivity index (χ1n) is 9.93. The largest absolute Gasteiger partial charge is 0.353 e. The van der Waals surface area contributed by atoms with Crippen LogP contribution in [0.25, 0.3) is 0 Å². The predicted octanol–water partition coefficient (Wildman–Crippen LogP) is 2.20. The van der Waals surface area contributed by atoms with E-state index in [1.807, 2.05) is 18.0 Å². The van der Waals surface area contributed by atoms with E-state index >= 15 is 0 Å². The van der Waals surface area contributed by atoms with Crippen LogP contribution < -0.4 is 9.21 Å². The summed E-state index contributed by atoms with van der Waals surface area (Å²) in [6.45, 7) is 7.36. The molecule has 1 aromatic heterocycles. The standard InChI is InChI=1S/C21H26N4O3S/c1-16-14-17(2)20(22-15-16)23-9-11-24(12-10-23)21(26)18-4-6-19(7-5-18)25-8-3-13-29(25,27)28/h4-7,14-15H,3,8-13H2,1-2H3. The molecule has 2 aliphatic rings. The Hall–Kier alpha value is -2.61. The Morgan fingerprint density at radius 1 is 1.00 bits per heavy atom. The number of aryl methyl sites for hydroxylation is 2. The molecule has 0 spiro atoms. The van der Waals surface area contributed by atoms with Crippen molar-refractivity contribution in [1.29, 1.82) is 0 Å². The van der Waals surface area contributed by atoms with Gasteiger partial charge in [0.15, 0.2) is 0 Å². The molecule has 1 aromatic carbocycles. The molecule has 2 saturated heterocycles.